The zero-order valence-corrected chi connectivity index (χ0v) is 13.1. The molecule has 1 fully saturated rings. The van der Waals surface area contributed by atoms with Crippen LogP contribution in [0.5, 0.6) is 0 Å². The largest absolute Gasteiger partial charge is 0.416 e. The Morgan fingerprint density at radius 1 is 1.54 bits per heavy atom. The topological polar surface area (TPSA) is 128 Å². The summed E-state index contributed by atoms with van der Waals surface area (Å²) >= 11 is 0. The van der Waals surface area contributed by atoms with Crippen molar-refractivity contribution in [2.45, 2.75) is 43.7 Å². The lowest BCUT2D eigenvalue weighted by molar-refractivity contribution is -0.237. The molecule has 1 saturated heterocycles. The molecule has 0 bridgehead atoms. The molecule has 0 amide bonds. The van der Waals surface area contributed by atoms with Gasteiger partial charge in [0.15, 0.2) is 18.0 Å². The second kappa shape index (κ2) is 6.27. The Morgan fingerprint density at radius 3 is 2.85 bits per heavy atom. The van der Waals surface area contributed by atoms with E-state index < -0.39 is 42.8 Å². The minimum absolute atomic E-state index is 0.0519. The summed E-state index contributed by atoms with van der Waals surface area (Å²) in [5.74, 6) is 2.07. The summed E-state index contributed by atoms with van der Waals surface area (Å²) in [6.45, 7) is -0.160. The molecule has 0 radical (unpaired) electrons. The number of ether oxygens (including phenoxy) is 1. The van der Waals surface area contributed by atoms with E-state index in [1.54, 1.807) is 0 Å². The Labute approximate surface area is 143 Å². The van der Waals surface area contributed by atoms with Gasteiger partial charge in [-0.2, -0.15) is 18.2 Å². The molecule has 140 valence electrons. The van der Waals surface area contributed by atoms with Gasteiger partial charge in [-0.3, -0.25) is 4.57 Å². The van der Waals surface area contributed by atoms with Crippen LogP contribution >= 0.6 is 0 Å². The Morgan fingerprint density at radius 2 is 2.23 bits per heavy atom. The van der Waals surface area contributed by atoms with Crippen LogP contribution in [0.1, 0.15) is 12.6 Å². The normalized spacial score (nSPS) is 24.7. The van der Waals surface area contributed by atoms with Crippen LogP contribution in [0.3, 0.4) is 0 Å². The molecule has 3 rings (SSSR count). The number of terminal acetylenes is 1. The van der Waals surface area contributed by atoms with Gasteiger partial charge in [-0.15, -0.1) is 6.42 Å². The molecule has 0 aliphatic carbocycles. The van der Waals surface area contributed by atoms with Crippen molar-refractivity contribution in [1.82, 2.24) is 19.1 Å². The number of imidazole rings is 1. The van der Waals surface area contributed by atoms with E-state index >= 15 is 0 Å². The third-order valence-electron chi connectivity index (χ3n) is 4.03. The summed E-state index contributed by atoms with van der Waals surface area (Å²) in [7, 11) is 0. The lowest BCUT2D eigenvalue weighted by Gasteiger charge is -2.21. The maximum absolute atomic E-state index is 12.7. The highest BCUT2D eigenvalue weighted by molar-refractivity contribution is 5.72. The predicted octanol–water partition coefficient (Wildman–Crippen LogP) is -0.620. The molecule has 4 N–H and O–H groups in total. The number of hydrogen-bond donors (Lipinski definition) is 3. The van der Waals surface area contributed by atoms with Crippen LogP contribution in [0.4, 0.5) is 19.1 Å². The molecule has 2 aromatic heterocycles. The Bertz CT molecular complexity index is 932. The molecule has 1 aliphatic rings. The standard InChI is InChI=1S/C14H14F3N5O4/c1-2-3-21-6-5-19-12(18)20-10(6)22(13(21)25)11-7(23)4-8(26-11)9(24)14(15,16)17/h1,5,7-9,11,23-24H,3-4H2,(H2,18,19,20)/t7-,8+,9?,11-/m1/s1. The van der Waals surface area contributed by atoms with Crippen LogP contribution < -0.4 is 11.4 Å². The third-order valence-corrected chi connectivity index (χ3v) is 4.03. The van der Waals surface area contributed by atoms with E-state index in [-0.39, 0.29) is 23.7 Å². The molecule has 3 heterocycles. The van der Waals surface area contributed by atoms with E-state index in [1.165, 1.54) is 6.20 Å². The SMILES string of the molecule is C#CCn1c(=O)n([C@@H]2O[C@H](C(O)C(F)(F)F)C[C@H]2O)c2nc(N)ncc21. The third kappa shape index (κ3) is 2.90. The first-order valence-electron chi connectivity index (χ1n) is 7.40. The molecule has 2 aromatic rings. The number of nitrogens with two attached hydrogens (primary N) is 1. The number of halogens is 3. The molecular formula is C14H14F3N5O4. The lowest BCUT2D eigenvalue weighted by atomic mass is 10.1. The second-order valence-electron chi connectivity index (χ2n) is 5.73. The number of aliphatic hydroxyl groups excluding tert-OH is 2. The quantitative estimate of drug-likeness (QED) is 0.612. The highest BCUT2D eigenvalue weighted by atomic mass is 19.4. The maximum Gasteiger partial charge on any atom is 0.416 e. The van der Waals surface area contributed by atoms with Crippen LogP contribution in [-0.2, 0) is 11.3 Å². The van der Waals surface area contributed by atoms with E-state index in [4.69, 9.17) is 16.9 Å². The van der Waals surface area contributed by atoms with Gasteiger partial charge in [0, 0.05) is 6.42 Å². The number of nitrogen functional groups attached to an aromatic ring is 1. The Hall–Kier alpha value is -2.62. The monoisotopic (exact) mass is 373 g/mol. The van der Waals surface area contributed by atoms with Gasteiger partial charge in [0.1, 0.15) is 11.6 Å². The van der Waals surface area contributed by atoms with E-state index in [2.05, 4.69) is 15.9 Å². The highest BCUT2D eigenvalue weighted by Gasteiger charge is 2.50. The van der Waals surface area contributed by atoms with Crippen LogP contribution in [0.2, 0.25) is 0 Å². The summed E-state index contributed by atoms with van der Waals surface area (Å²) in [5, 5.41) is 19.5. The van der Waals surface area contributed by atoms with Gasteiger partial charge in [-0.05, 0) is 0 Å². The minimum Gasteiger partial charge on any atom is -0.388 e. The summed E-state index contributed by atoms with van der Waals surface area (Å²) in [6, 6.07) is 0. The molecule has 26 heavy (non-hydrogen) atoms. The number of alkyl halides is 3. The van der Waals surface area contributed by atoms with Gasteiger partial charge in [0.25, 0.3) is 0 Å². The summed E-state index contributed by atoms with van der Waals surface area (Å²) in [5.41, 5.74) is 4.88. The first-order valence-corrected chi connectivity index (χ1v) is 7.40. The van der Waals surface area contributed by atoms with Crippen molar-refractivity contribution in [2.75, 3.05) is 5.73 Å². The fourth-order valence-corrected chi connectivity index (χ4v) is 2.87. The number of aromatic nitrogens is 4. The highest BCUT2D eigenvalue weighted by Crippen LogP contribution is 2.36. The predicted molar refractivity (Wildman–Crippen MR) is 81.6 cm³/mol. The van der Waals surface area contributed by atoms with Gasteiger partial charge in [0.05, 0.1) is 18.8 Å². The van der Waals surface area contributed by atoms with Gasteiger partial charge in [0.2, 0.25) is 5.95 Å². The number of hydrogen-bond acceptors (Lipinski definition) is 7. The van der Waals surface area contributed by atoms with Crippen molar-refractivity contribution in [3.63, 3.8) is 0 Å². The van der Waals surface area contributed by atoms with Crippen molar-refractivity contribution in [3.8, 4) is 12.3 Å². The fraction of sp³-hybridized carbons (Fsp3) is 0.500. The van der Waals surface area contributed by atoms with E-state index in [1.807, 2.05) is 0 Å². The zero-order chi connectivity index (χ0) is 19.2. The van der Waals surface area contributed by atoms with Crippen LogP contribution in [0.15, 0.2) is 11.0 Å². The molecule has 1 aliphatic heterocycles. The summed E-state index contributed by atoms with van der Waals surface area (Å²) in [6.07, 6.45) is -6.55. The Kier molecular flexibility index (Phi) is 4.39. The number of aliphatic hydroxyl groups is 2. The van der Waals surface area contributed by atoms with Crippen molar-refractivity contribution < 1.29 is 28.1 Å². The number of nitrogens with zero attached hydrogens (tertiary/aromatic N) is 4. The Balaban J connectivity index is 2.08. The molecular weight excluding hydrogens is 359 g/mol. The molecule has 9 nitrogen and oxygen atoms in total. The number of fused-ring (bicyclic) bond motifs is 1. The van der Waals surface area contributed by atoms with Crippen LogP contribution in [-0.4, -0.2) is 53.8 Å². The van der Waals surface area contributed by atoms with E-state index in [9.17, 15) is 28.2 Å². The first kappa shape index (κ1) is 18.2. The number of rotatable bonds is 3. The van der Waals surface area contributed by atoms with Crippen LogP contribution in [0.25, 0.3) is 11.2 Å². The van der Waals surface area contributed by atoms with Gasteiger partial charge in [-0.1, -0.05) is 5.92 Å². The maximum atomic E-state index is 12.7. The van der Waals surface area contributed by atoms with Crippen molar-refractivity contribution in [3.05, 3.63) is 16.7 Å². The van der Waals surface area contributed by atoms with Gasteiger partial charge < -0.3 is 20.7 Å². The smallest absolute Gasteiger partial charge is 0.388 e. The molecule has 0 spiro atoms. The minimum atomic E-state index is -4.94. The number of anilines is 1. The average molecular weight is 373 g/mol. The van der Waals surface area contributed by atoms with E-state index in [0.29, 0.717) is 0 Å². The van der Waals surface area contributed by atoms with Crippen molar-refractivity contribution in [1.29, 1.82) is 0 Å². The lowest BCUT2D eigenvalue weighted by Crippen LogP contribution is -2.39. The molecule has 4 atom stereocenters. The van der Waals surface area contributed by atoms with E-state index in [0.717, 1.165) is 9.13 Å². The van der Waals surface area contributed by atoms with Gasteiger partial charge >= 0.3 is 11.9 Å². The molecule has 1 unspecified atom stereocenters. The summed E-state index contributed by atoms with van der Waals surface area (Å²) < 4.78 is 45.2. The fourth-order valence-electron chi connectivity index (χ4n) is 2.87. The molecule has 0 saturated carbocycles. The molecule has 0 aromatic carbocycles. The van der Waals surface area contributed by atoms with Crippen LogP contribution in [0, 0.1) is 12.3 Å². The summed E-state index contributed by atoms with van der Waals surface area (Å²) in [4.78, 5) is 20.3. The van der Waals surface area contributed by atoms with Crippen molar-refractivity contribution in [2.24, 2.45) is 0 Å². The van der Waals surface area contributed by atoms with Crippen molar-refractivity contribution >= 4 is 17.1 Å². The first-order chi connectivity index (χ1) is 12.1. The van der Waals surface area contributed by atoms with Gasteiger partial charge in [-0.25, -0.2) is 14.3 Å². The average Bonchev–Trinajstić information content (AvgIpc) is 3.04. The zero-order valence-electron chi connectivity index (χ0n) is 13.1. The molecule has 12 heteroatoms. The second-order valence-corrected chi connectivity index (χ2v) is 5.73.